The van der Waals surface area contributed by atoms with Gasteiger partial charge < -0.3 is 10.1 Å². The van der Waals surface area contributed by atoms with Gasteiger partial charge in [-0.15, -0.1) is 6.58 Å². The Morgan fingerprint density at radius 2 is 2.29 bits per heavy atom. The van der Waals surface area contributed by atoms with Crippen LogP contribution in [-0.4, -0.2) is 19.7 Å². The molecule has 1 heterocycles. The van der Waals surface area contributed by atoms with E-state index in [4.69, 9.17) is 4.74 Å². The topological polar surface area (TPSA) is 21.3 Å². The van der Waals surface area contributed by atoms with Crippen molar-refractivity contribution in [3.8, 4) is 5.75 Å². The van der Waals surface area contributed by atoms with Gasteiger partial charge >= 0.3 is 0 Å². The number of piperidine rings is 1. The quantitative estimate of drug-likeness (QED) is 0.787. The molecule has 1 aliphatic heterocycles. The molecule has 2 nitrogen and oxygen atoms in total. The van der Waals surface area contributed by atoms with Gasteiger partial charge in [0.25, 0.3) is 0 Å². The van der Waals surface area contributed by atoms with Crippen molar-refractivity contribution in [2.45, 2.75) is 19.3 Å². The zero-order valence-corrected chi connectivity index (χ0v) is 10.3. The molecular formula is C15H21NO. The molecule has 0 radical (unpaired) electrons. The normalized spacial score (nSPS) is 19.9. The number of rotatable bonds is 5. The Hall–Kier alpha value is -1.28. The Morgan fingerprint density at radius 3 is 3.06 bits per heavy atom. The molecule has 0 unspecified atom stereocenters. The largest absolute Gasteiger partial charge is 0.493 e. The number of para-hydroxylation sites is 1. The average Bonchev–Trinajstić information content (AvgIpc) is 2.39. The number of allylic oxidation sites excluding steroid dienone is 1. The third-order valence-electron chi connectivity index (χ3n) is 3.21. The predicted octanol–water partition coefficient (Wildman–Crippen LogP) is 2.79. The van der Waals surface area contributed by atoms with Gasteiger partial charge in [-0.2, -0.15) is 0 Å². The maximum absolute atomic E-state index is 5.94. The third kappa shape index (κ3) is 3.60. The number of nitrogens with one attached hydrogen (secondary N) is 1. The van der Waals surface area contributed by atoms with Crippen LogP contribution in [0.3, 0.4) is 0 Å². The van der Waals surface area contributed by atoms with Crippen LogP contribution in [0.1, 0.15) is 18.4 Å². The van der Waals surface area contributed by atoms with E-state index in [2.05, 4.69) is 24.0 Å². The van der Waals surface area contributed by atoms with Crippen molar-refractivity contribution < 1.29 is 4.74 Å². The van der Waals surface area contributed by atoms with E-state index in [-0.39, 0.29) is 0 Å². The molecule has 0 aromatic heterocycles. The minimum Gasteiger partial charge on any atom is -0.493 e. The molecule has 0 saturated carbocycles. The number of hydrogen-bond donors (Lipinski definition) is 1. The molecular weight excluding hydrogens is 210 g/mol. The maximum atomic E-state index is 5.94. The van der Waals surface area contributed by atoms with Crippen LogP contribution >= 0.6 is 0 Å². The predicted molar refractivity (Wildman–Crippen MR) is 71.4 cm³/mol. The summed E-state index contributed by atoms with van der Waals surface area (Å²) in [5.74, 6) is 1.67. The first-order chi connectivity index (χ1) is 8.40. The highest BCUT2D eigenvalue weighted by Gasteiger charge is 2.14. The van der Waals surface area contributed by atoms with Crippen LogP contribution in [-0.2, 0) is 6.42 Å². The lowest BCUT2D eigenvalue weighted by Crippen LogP contribution is -2.33. The van der Waals surface area contributed by atoms with Crippen molar-refractivity contribution in [2.75, 3.05) is 19.7 Å². The second-order valence-corrected chi connectivity index (χ2v) is 4.62. The minimum atomic E-state index is 0.653. The Kier molecular flexibility index (Phi) is 4.63. The highest BCUT2D eigenvalue weighted by molar-refractivity contribution is 5.34. The number of benzene rings is 1. The summed E-state index contributed by atoms with van der Waals surface area (Å²) < 4.78 is 5.94. The SMILES string of the molecule is C=CCc1ccccc1OC[C@H]1CCCNC1. The van der Waals surface area contributed by atoms with Gasteiger partial charge in [-0.3, -0.25) is 0 Å². The van der Waals surface area contributed by atoms with Crippen molar-refractivity contribution >= 4 is 0 Å². The highest BCUT2D eigenvalue weighted by atomic mass is 16.5. The van der Waals surface area contributed by atoms with Crippen LogP contribution < -0.4 is 10.1 Å². The van der Waals surface area contributed by atoms with E-state index in [0.29, 0.717) is 5.92 Å². The summed E-state index contributed by atoms with van der Waals surface area (Å²) in [5.41, 5.74) is 1.23. The van der Waals surface area contributed by atoms with Crippen molar-refractivity contribution in [3.63, 3.8) is 0 Å². The summed E-state index contributed by atoms with van der Waals surface area (Å²) in [5, 5.41) is 3.41. The lowest BCUT2D eigenvalue weighted by atomic mass is 10.0. The van der Waals surface area contributed by atoms with Gasteiger partial charge in [0, 0.05) is 12.5 Å². The zero-order valence-electron chi connectivity index (χ0n) is 10.3. The fourth-order valence-electron chi connectivity index (χ4n) is 2.24. The molecule has 1 aromatic carbocycles. The minimum absolute atomic E-state index is 0.653. The molecule has 0 spiro atoms. The van der Waals surface area contributed by atoms with Crippen LogP contribution in [0.2, 0.25) is 0 Å². The second kappa shape index (κ2) is 6.45. The molecule has 1 fully saturated rings. The van der Waals surface area contributed by atoms with Gasteiger partial charge in [0.1, 0.15) is 5.75 Å². The van der Waals surface area contributed by atoms with Gasteiger partial charge in [-0.05, 0) is 37.4 Å². The average molecular weight is 231 g/mol. The summed E-state index contributed by atoms with van der Waals surface area (Å²) in [4.78, 5) is 0. The van der Waals surface area contributed by atoms with E-state index in [0.717, 1.165) is 31.9 Å². The van der Waals surface area contributed by atoms with Crippen LogP contribution in [0, 0.1) is 5.92 Å². The van der Waals surface area contributed by atoms with Crippen LogP contribution in [0.4, 0.5) is 0 Å². The fourth-order valence-corrected chi connectivity index (χ4v) is 2.24. The molecule has 1 aliphatic rings. The highest BCUT2D eigenvalue weighted by Crippen LogP contribution is 2.20. The lowest BCUT2D eigenvalue weighted by Gasteiger charge is -2.23. The first kappa shape index (κ1) is 12.2. The molecule has 2 rings (SSSR count). The summed E-state index contributed by atoms with van der Waals surface area (Å²) >= 11 is 0. The van der Waals surface area contributed by atoms with Gasteiger partial charge in [0.2, 0.25) is 0 Å². The zero-order chi connectivity index (χ0) is 11.9. The Balaban J connectivity index is 1.90. The van der Waals surface area contributed by atoms with Crippen LogP contribution in [0.25, 0.3) is 0 Å². The Morgan fingerprint density at radius 1 is 1.41 bits per heavy atom. The monoisotopic (exact) mass is 231 g/mol. The van der Waals surface area contributed by atoms with Crippen LogP contribution in [0.5, 0.6) is 5.75 Å². The van der Waals surface area contributed by atoms with E-state index in [9.17, 15) is 0 Å². The third-order valence-corrected chi connectivity index (χ3v) is 3.21. The van der Waals surface area contributed by atoms with Crippen molar-refractivity contribution in [3.05, 3.63) is 42.5 Å². The molecule has 1 aromatic rings. The van der Waals surface area contributed by atoms with E-state index >= 15 is 0 Å². The Bertz CT molecular complexity index is 356. The first-order valence-electron chi connectivity index (χ1n) is 6.42. The smallest absolute Gasteiger partial charge is 0.122 e. The van der Waals surface area contributed by atoms with Crippen LogP contribution in [0.15, 0.2) is 36.9 Å². The van der Waals surface area contributed by atoms with Gasteiger partial charge in [-0.25, -0.2) is 0 Å². The van der Waals surface area contributed by atoms with E-state index in [1.165, 1.54) is 18.4 Å². The van der Waals surface area contributed by atoms with E-state index in [1.54, 1.807) is 0 Å². The molecule has 0 aliphatic carbocycles. The molecule has 17 heavy (non-hydrogen) atoms. The summed E-state index contributed by atoms with van der Waals surface area (Å²) in [6, 6.07) is 8.24. The van der Waals surface area contributed by atoms with Crippen molar-refractivity contribution in [1.29, 1.82) is 0 Å². The second-order valence-electron chi connectivity index (χ2n) is 4.62. The number of hydrogen-bond acceptors (Lipinski definition) is 2. The molecule has 2 heteroatoms. The summed E-state index contributed by atoms with van der Waals surface area (Å²) in [7, 11) is 0. The summed E-state index contributed by atoms with van der Waals surface area (Å²) in [6.07, 6.45) is 5.34. The fraction of sp³-hybridized carbons (Fsp3) is 0.467. The van der Waals surface area contributed by atoms with E-state index < -0.39 is 0 Å². The van der Waals surface area contributed by atoms with Gasteiger partial charge in [0.05, 0.1) is 6.61 Å². The number of ether oxygens (including phenoxy) is 1. The van der Waals surface area contributed by atoms with Crippen molar-refractivity contribution in [2.24, 2.45) is 5.92 Å². The Labute approximate surface area is 104 Å². The first-order valence-corrected chi connectivity index (χ1v) is 6.42. The van der Waals surface area contributed by atoms with Gasteiger partial charge in [0.15, 0.2) is 0 Å². The molecule has 1 saturated heterocycles. The summed E-state index contributed by atoms with van der Waals surface area (Å²) in [6.45, 7) is 6.85. The van der Waals surface area contributed by atoms with Gasteiger partial charge in [-0.1, -0.05) is 24.3 Å². The molecule has 92 valence electrons. The van der Waals surface area contributed by atoms with Crippen molar-refractivity contribution in [1.82, 2.24) is 5.32 Å². The molecule has 0 bridgehead atoms. The standard InChI is InChI=1S/C15H21NO/c1-2-6-14-8-3-4-9-15(14)17-12-13-7-5-10-16-11-13/h2-4,8-9,13,16H,1,5-7,10-12H2/t13-/m0/s1. The molecule has 1 atom stereocenters. The molecule has 0 amide bonds. The maximum Gasteiger partial charge on any atom is 0.122 e. The lowest BCUT2D eigenvalue weighted by molar-refractivity contribution is 0.217. The van der Waals surface area contributed by atoms with E-state index in [1.807, 2.05) is 18.2 Å². The molecule has 1 N–H and O–H groups in total.